The van der Waals surface area contributed by atoms with Crippen LogP contribution in [0.1, 0.15) is 62.4 Å². The Labute approximate surface area is 133 Å². The lowest BCUT2D eigenvalue weighted by Crippen LogP contribution is -2.37. The summed E-state index contributed by atoms with van der Waals surface area (Å²) in [6, 6.07) is 6.97. The summed E-state index contributed by atoms with van der Waals surface area (Å²) < 4.78 is 0. The molecule has 0 aromatic heterocycles. The number of unbranched alkanes of at least 4 members (excludes halogenated alkanes) is 2. The van der Waals surface area contributed by atoms with Crippen molar-refractivity contribution in [3.05, 3.63) is 35.4 Å². The highest BCUT2D eigenvalue weighted by atomic mass is 16.4. The highest BCUT2D eigenvalue weighted by molar-refractivity contribution is 5.87. The smallest absolute Gasteiger partial charge is 0.335 e. The van der Waals surface area contributed by atoms with E-state index in [-0.39, 0.29) is 17.5 Å². The van der Waals surface area contributed by atoms with Gasteiger partial charge in [0.15, 0.2) is 0 Å². The first kappa shape index (κ1) is 18.2. The molecule has 0 fully saturated rings. The van der Waals surface area contributed by atoms with E-state index in [1.54, 1.807) is 24.3 Å². The van der Waals surface area contributed by atoms with Gasteiger partial charge in [0.1, 0.15) is 0 Å². The molecular formula is C18H27NO3. The van der Waals surface area contributed by atoms with Crippen molar-refractivity contribution in [1.82, 2.24) is 4.90 Å². The molecule has 0 saturated carbocycles. The van der Waals surface area contributed by atoms with Gasteiger partial charge in [0.25, 0.3) is 0 Å². The number of carboxylic acids is 1. The Bertz CT molecular complexity index is 480. The Kier molecular flexibility index (Phi) is 7.64. The number of carboxylic acid groups (broad SMARTS) is 1. The maximum absolute atomic E-state index is 12.4. The van der Waals surface area contributed by atoms with Crippen LogP contribution in [0.2, 0.25) is 0 Å². The Morgan fingerprint density at radius 1 is 1.14 bits per heavy atom. The number of benzene rings is 1. The maximum Gasteiger partial charge on any atom is 0.335 e. The third-order valence-electron chi connectivity index (χ3n) is 3.77. The molecule has 1 aromatic rings. The van der Waals surface area contributed by atoms with Crippen molar-refractivity contribution >= 4 is 11.9 Å². The van der Waals surface area contributed by atoms with Gasteiger partial charge in [-0.15, -0.1) is 0 Å². The lowest BCUT2D eigenvalue weighted by molar-refractivity contribution is -0.132. The first-order valence-corrected chi connectivity index (χ1v) is 8.07. The number of carbonyl (C=O) groups is 2. The van der Waals surface area contributed by atoms with Crippen molar-refractivity contribution < 1.29 is 14.7 Å². The van der Waals surface area contributed by atoms with Crippen LogP contribution < -0.4 is 0 Å². The standard InChI is InChI=1S/C18H27NO3/c1-4-5-6-13-19(14(2)3)17(20)12-9-15-7-10-16(11-8-15)18(21)22/h7-8,10-11,14H,4-6,9,12-13H2,1-3H3,(H,21,22). The number of aromatic carboxylic acids is 1. The maximum atomic E-state index is 12.4. The molecule has 1 aromatic carbocycles. The zero-order chi connectivity index (χ0) is 16.5. The Balaban J connectivity index is 2.53. The lowest BCUT2D eigenvalue weighted by Gasteiger charge is -2.27. The van der Waals surface area contributed by atoms with E-state index in [4.69, 9.17) is 5.11 Å². The minimum absolute atomic E-state index is 0.174. The fourth-order valence-corrected chi connectivity index (χ4v) is 2.41. The van der Waals surface area contributed by atoms with E-state index in [0.717, 1.165) is 31.4 Å². The predicted octanol–water partition coefficient (Wildman–Crippen LogP) is 3.74. The first-order valence-electron chi connectivity index (χ1n) is 8.07. The second-order valence-electron chi connectivity index (χ2n) is 5.89. The summed E-state index contributed by atoms with van der Waals surface area (Å²) in [7, 11) is 0. The van der Waals surface area contributed by atoms with E-state index in [2.05, 4.69) is 6.92 Å². The molecule has 0 unspecified atom stereocenters. The molecule has 0 bridgehead atoms. The van der Waals surface area contributed by atoms with Gasteiger partial charge in [-0.2, -0.15) is 0 Å². The molecule has 122 valence electrons. The second kappa shape index (κ2) is 9.23. The van der Waals surface area contributed by atoms with E-state index < -0.39 is 5.97 Å². The van der Waals surface area contributed by atoms with Crippen molar-refractivity contribution in [1.29, 1.82) is 0 Å². The summed E-state index contributed by atoms with van der Waals surface area (Å²) in [6.45, 7) is 7.07. The van der Waals surface area contributed by atoms with Crippen LogP contribution in [-0.4, -0.2) is 34.5 Å². The molecule has 4 heteroatoms. The van der Waals surface area contributed by atoms with Gasteiger partial charge in [0.2, 0.25) is 5.91 Å². The highest BCUT2D eigenvalue weighted by Crippen LogP contribution is 2.11. The average molecular weight is 305 g/mol. The molecule has 1 N–H and O–H groups in total. The monoisotopic (exact) mass is 305 g/mol. The normalized spacial score (nSPS) is 10.7. The summed E-state index contributed by atoms with van der Waals surface area (Å²) in [5.74, 6) is -0.752. The summed E-state index contributed by atoms with van der Waals surface area (Å²) in [6.07, 6.45) is 4.46. The van der Waals surface area contributed by atoms with Gasteiger partial charge in [0.05, 0.1) is 5.56 Å². The van der Waals surface area contributed by atoms with Crippen molar-refractivity contribution in [3.63, 3.8) is 0 Å². The van der Waals surface area contributed by atoms with E-state index >= 15 is 0 Å². The zero-order valence-electron chi connectivity index (χ0n) is 13.8. The number of hydrogen-bond donors (Lipinski definition) is 1. The lowest BCUT2D eigenvalue weighted by atomic mass is 10.1. The fraction of sp³-hybridized carbons (Fsp3) is 0.556. The fourth-order valence-electron chi connectivity index (χ4n) is 2.41. The number of rotatable bonds is 9. The van der Waals surface area contributed by atoms with Gasteiger partial charge in [-0.1, -0.05) is 31.9 Å². The van der Waals surface area contributed by atoms with Crippen LogP contribution in [0.15, 0.2) is 24.3 Å². The van der Waals surface area contributed by atoms with Gasteiger partial charge in [-0.25, -0.2) is 4.79 Å². The third kappa shape index (κ3) is 5.88. The van der Waals surface area contributed by atoms with Crippen LogP contribution in [-0.2, 0) is 11.2 Å². The first-order chi connectivity index (χ1) is 10.5. The molecule has 0 aliphatic carbocycles. The van der Waals surface area contributed by atoms with Crippen LogP contribution in [0, 0.1) is 0 Å². The third-order valence-corrected chi connectivity index (χ3v) is 3.77. The SMILES string of the molecule is CCCCCN(C(=O)CCc1ccc(C(=O)O)cc1)C(C)C. The number of amides is 1. The topological polar surface area (TPSA) is 57.6 Å². The molecule has 0 spiro atoms. The summed E-state index contributed by atoms with van der Waals surface area (Å²) in [4.78, 5) is 25.1. The van der Waals surface area contributed by atoms with Crippen LogP contribution in [0.25, 0.3) is 0 Å². The van der Waals surface area contributed by atoms with Crippen LogP contribution in [0.3, 0.4) is 0 Å². The minimum atomic E-state index is -0.926. The van der Waals surface area contributed by atoms with Gasteiger partial charge in [0, 0.05) is 19.0 Å². The Hall–Kier alpha value is -1.84. The van der Waals surface area contributed by atoms with Crippen molar-refractivity contribution in [2.24, 2.45) is 0 Å². The number of nitrogens with zero attached hydrogens (tertiary/aromatic N) is 1. The summed E-state index contributed by atoms with van der Waals surface area (Å²) in [5, 5.41) is 8.87. The average Bonchev–Trinajstić information content (AvgIpc) is 2.49. The van der Waals surface area contributed by atoms with Crippen molar-refractivity contribution in [2.45, 2.75) is 58.9 Å². The summed E-state index contributed by atoms with van der Waals surface area (Å²) >= 11 is 0. The quantitative estimate of drug-likeness (QED) is 0.707. The van der Waals surface area contributed by atoms with E-state index in [0.29, 0.717) is 12.8 Å². The molecule has 0 atom stereocenters. The van der Waals surface area contributed by atoms with Crippen LogP contribution >= 0.6 is 0 Å². The van der Waals surface area contributed by atoms with Gasteiger partial charge in [-0.3, -0.25) is 4.79 Å². The molecule has 0 heterocycles. The van der Waals surface area contributed by atoms with E-state index in [1.165, 1.54) is 0 Å². The molecule has 1 rings (SSSR count). The Morgan fingerprint density at radius 2 is 1.77 bits per heavy atom. The molecule has 0 radical (unpaired) electrons. The van der Waals surface area contributed by atoms with Gasteiger partial charge >= 0.3 is 5.97 Å². The van der Waals surface area contributed by atoms with Gasteiger partial charge in [-0.05, 0) is 44.4 Å². The second-order valence-corrected chi connectivity index (χ2v) is 5.89. The predicted molar refractivity (Wildman–Crippen MR) is 88.1 cm³/mol. The molecule has 0 saturated heterocycles. The molecule has 0 aliphatic rings. The van der Waals surface area contributed by atoms with Crippen molar-refractivity contribution in [3.8, 4) is 0 Å². The molecule has 22 heavy (non-hydrogen) atoms. The zero-order valence-corrected chi connectivity index (χ0v) is 13.8. The summed E-state index contributed by atoms with van der Waals surface area (Å²) in [5.41, 5.74) is 1.27. The van der Waals surface area contributed by atoms with Gasteiger partial charge < -0.3 is 10.0 Å². The minimum Gasteiger partial charge on any atom is -0.478 e. The Morgan fingerprint density at radius 3 is 2.27 bits per heavy atom. The number of hydrogen-bond acceptors (Lipinski definition) is 2. The van der Waals surface area contributed by atoms with Crippen molar-refractivity contribution in [2.75, 3.05) is 6.54 Å². The number of aryl methyl sites for hydroxylation is 1. The highest BCUT2D eigenvalue weighted by Gasteiger charge is 2.16. The van der Waals surface area contributed by atoms with E-state index in [9.17, 15) is 9.59 Å². The molecular weight excluding hydrogens is 278 g/mol. The molecule has 4 nitrogen and oxygen atoms in total. The largest absolute Gasteiger partial charge is 0.478 e. The molecule has 0 aliphatic heterocycles. The van der Waals surface area contributed by atoms with E-state index in [1.807, 2.05) is 18.7 Å². The molecule has 1 amide bonds. The van der Waals surface area contributed by atoms with Crippen LogP contribution in [0.4, 0.5) is 0 Å². The number of carbonyl (C=O) groups excluding carboxylic acids is 1. The van der Waals surface area contributed by atoms with Crippen LogP contribution in [0.5, 0.6) is 0 Å².